The fourth-order valence-electron chi connectivity index (χ4n) is 2.81. The van der Waals surface area contributed by atoms with Gasteiger partial charge in [0.1, 0.15) is 5.75 Å². The van der Waals surface area contributed by atoms with Crippen LogP contribution in [-0.2, 0) is 19.6 Å². The Hall–Kier alpha value is -1.84. The Morgan fingerprint density at radius 2 is 2.08 bits per heavy atom. The second kappa shape index (κ2) is 6.23. The number of methoxy groups -OCH3 is 1. The average Bonchev–Trinajstić information content (AvgIpc) is 3.14. The molecule has 0 radical (unpaired) electrons. The third-order valence-electron chi connectivity index (χ3n) is 4.04. The number of rotatable bonds is 4. The summed E-state index contributed by atoms with van der Waals surface area (Å²) in [7, 11) is -2.34. The summed E-state index contributed by atoms with van der Waals surface area (Å²) in [6.07, 6.45) is -0.360. The Labute approximate surface area is 143 Å². The van der Waals surface area contributed by atoms with Crippen LogP contribution in [0.25, 0.3) is 0 Å². The maximum absolute atomic E-state index is 12.7. The molecule has 24 heavy (non-hydrogen) atoms. The Balaban J connectivity index is 1.80. The van der Waals surface area contributed by atoms with Crippen LogP contribution in [0.4, 0.5) is 4.79 Å². The van der Waals surface area contributed by atoms with E-state index in [0.29, 0.717) is 12.2 Å². The molecule has 1 aromatic rings. The smallest absolute Gasteiger partial charge is 0.417 e. The Morgan fingerprint density at radius 1 is 1.33 bits per heavy atom. The van der Waals surface area contributed by atoms with Crippen molar-refractivity contribution in [1.29, 1.82) is 0 Å². The van der Waals surface area contributed by atoms with Gasteiger partial charge >= 0.3 is 6.09 Å². The van der Waals surface area contributed by atoms with E-state index in [1.807, 2.05) is 0 Å². The second-order valence-corrected chi connectivity index (χ2v) is 7.77. The standard InChI is InChI=1S/C14H15ClN2O6S/c1-22-12-3-2-10(6-11(12)15)24(20,21)16-5-4-9(7-16)17-13(18)8-23-14(17)19/h2-3,6,9H,4-5,7-8H2,1H3. The number of amides is 2. The Morgan fingerprint density at radius 3 is 2.67 bits per heavy atom. The molecule has 2 fully saturated rings. The molecule has 1 atom stereocenters. The number of carbonyl (C=O) groups excluding carboxylic acids is 2. The van der Waals surface area contributed by atoms with E-state index in [-0.39, 0.29) is 29.6 Å². The van der Waals surface area contributed by atoms with Gasteiger partial charge in [0.2, 0.25) is 10.0 Å². The monoisotopic (exact) mass is 374 g/mol. The molecule has 2 saturated heterocycles. The molecular weight excluding hydrogens is 360 g/mol. The number of cyclic esters (lactones) is 1. The lowest BCUT2D eigenvalue weighted by molar-refractivity contribution is -0.127. The molecule has 1 unspecified atom stereocenters. The summed E-state index contributed by atoms with van der Waals surface area (Å²) >= 11 is 5.99. The highest BCUT2D eigenvalue weighted by molar-refractivity contribution is 7.89. The number of imide groups is 1. The highest BCUT2D eigenvalue weighted by atomic mass is 35.5. The van der Waals surface area contributed by atoms with E-state index in [2.05, 4.69) is 4.74 Å². The van der Waals surface area contributed by atoms with Gasteiger partial charge in [-0.15, -0.1) is 0 Å². The van der Waals surface area contributed by atoms with Gasteiger partial charge < -0.3 is 9.47 Å². The summed E-state index contributed by atoms with van der Waals surface area (Å²) in [4.78, 5) is 24.3. The number of carbonyl (C=O) groups is 2. The van der Waals surface area contributed by atoms with Gasteiger partial charge in [0, 0.05) is 13.1 Å². The molecule has 130 valence electrons. The van der Waals surface area contributed by atoms with Crippen molar-refractivity contribution in [1.82, 2.24) is 9.21 Å². The first-order valence-electron chi connectivity index (χ1n) is 7.17. The first-order chi connectivity index (χ1) is 11.3. The van der Waals surface area contributed by atoms with E-state index in [4.69, 9.17) is 16.3 Å². The maximum atomic E-state index is 12.7. The van der Waals surface area contributed by atoms with Gasteiger partial charge in [0.15, 0.2) is 6.61 Å². The minimum Gasteiger partial charge on any atom is -0.495 e. The van der Waals surface area contributed by atoms with Crippen LogP contribution in [-0.4, -0.2) is 62.5 Å². The first-order valence-corrected chi connectivity index (χ1v) is 8.99. The van der Waals surface area contributed by atoms with E-state index in [9.17, 15) is 18.0 Å². The number of halogens is 1. The zero-order valence-electron chi connectivity index (χ0n) is 12.8. The lowest BCUT2D eigenvalue weighted by Crippen LogP contribution is -2.42. The van der Waals surface area contributed by atoms with Crippen LogP contribution >= 0.6 is 11.6 Å². The zero-order valence-corrected chi connectivity index (χ0v) is 14.3. The molecule has 0 spiro atoms. The molecule has 1 aromatic carbocycles. The van der Waals surface area contributed by atoms with Crippen molar-refractivity contribution in [3.8, 4) is 5.75 Å². The minimum atomic E-state index is -3.78. The van der Waals surface area contributed by atoms with E-state index < -0.39 is 28.1 Å². The Bertz CT molecular complexity index is 780. The molecule has 10 heteroatoms. The van der Waals surface area contributed by atoms with Crippen LogP contribution in [0.3, 0.4) is 0 Å². The highest BCUT2D eigenvalue weighted by Crippen LogP contribution is 2.30. The van der Waals surface area contributed by atoms with Gasteiger partial charge in [0.25, 0.3) is 5.91 Å². The maximum Gasteiger partial charge on any atom is 0.417 e. The molecule has 3 rings (SSSR count). The summed E-state index contributed by atoms with van der Waals surface area (Å²) in [6.45, 7) is -0.0588. The van der Waals surface area contributed by atoms with E-state index in [0.717, 1.165) is 4.90 Å². The molecular formula is C14H15ClN2O6S. The van der Waals surface area contributed by atoms with Gasteiger partial charge in [-0.05, 0) is 24.6 Å². The summed E-state index contributed by atoms with van der Waals surface area (Å²) < 4.78 is 36.3. The molecule has 2 amide bonds. The predicted octanol–water partition coefficient (Wildman–Crippen LogP) is 1.09. The molecule has 8 nitrogen and oxygen atoms in total. The summed E-state index contributed by atoms with van der Waals surface area (Å²) in [5.74, 6) is -0.0722. The van der Waals surface area contributed by atoms with Crippen molar-refractivity contribution in [3.05, 3.63) is 23.2 Å². The number of benzene rings is 1. The van der Waals surface area contributed by atoms with Crippen molar-refractivity contribution >= 4 is 33.6 Å². The van der Waals surface area contributed by atoms with Crippen LogP contribution in [0.5, 0.6) is 5.75 Å². The van der Waals surface area contributed by atoms with Gasteiger partial charge in [-0.3, -0.25) is 4.79 Å². The molecule has 0 N–H and O–H groups in total. The highest BCUT2D eigenvalue weighted by Gasteiger charge is 2.43. The largest absolute Gasteiger partial charge is 0.495 e. The van der Waals surface area contributed by atoms with Crippen LogP contribution in [0, 0.1) is 0 Å². The zero-order chi connectivity index (χ0) is 17.5. The molecule has 0 saturated carbocycles. The van der Waals surface area contributed by atoms with Crippen LogP contribution in [0.2, 0.25) is 5.02 Å². The third kappa shape index (κ3) is 2.83. The van der Waals surface area contributed by atoms with Crippen molar-refractivity contribution in [2.45, 2.75) is 17.4 Å². The van der Waals surface area contributed by atoms with Crippen molar-refractivity contribution in [2.24, 2.45) is 0 Å². The van der Waals surface area contributed by atoms with Gasteiger partial charge in [-0.2, -0.15) is 4.31 Å². The fourth-order valence-corrected chi connectivity index (χ4v) is 4.65. The summed E-state index contributed by atoms with van der Waals surface area (Å²) in [5.41, 5.74) is 0. The number of hydrogen-bond acceptors (Lipinski definition) is 6. The van der Waals surface area contributed by atoms with Crippen LogP contribution in [0.15, 0.2) is 23.1 Å². The molecule has 2 aliphatic heterocycles. The predicted molar refractivity (Wildman–Crippen MR) is 83.4 cm³/mol. The number of hydrogen-bond donors (Lipinski definition) is 0. The first kappa shape index (κ1) is 17.0. The van der Waals surface area contributed by atoms with Crippen molar-refractivity contribution in [2.75, 3.05) is 26.8 Å². The van der Waals surface area contributed by atoms with Crippen LogP contribution in [0.1, 0.15) is 6.42 Å². The molecule has 2 heterocycles. The molecule has 2 aliphatic rings. The van der Waals surface area contributed by atoms with E-state index >= 15 is 0 Å². The van der Waals surface area contributed by atoms with E-state index in [1.54, 1.807) is 0 Å². The molecule has 0 aliphatic carbocycles. The van der Waals surface area contributed by atoms with Crippen LogP contribution < -0.4 is 4.74 Å². The second-order valence-electron chi connectivity index (χ2n) is 5.42. The SMILES string of the molecule is COc1ccc(S(=O)(=O)N2CCC(N3C(=O)COC3=O)C2)cc1Cl. The van der Waals surface area contributed by atoms with Gasteiger partial charge in [-0.25, -0.2) is 18.1 Å². The molecule has 0 bridgehead atoms. The van der Waals surface area contributed by atoms with Gasteiger partial charge in [-0.1, -0.05) is 11.6 Å². The topological polar surface area (TPSA) is 93.2 Å². The third-order valence-corrected chi connectivity index (χ3v) is 6.19. The average molecular weight is 375 g/mol. The number of nitrogens with zero attached hydrogens (tertiary/aromatic N) is 2. The Kier molecular flexibility index (Phi) is 4.41. The lowest BCUT2D eigenvalue weighted by atomic mass is 10.2. The van der Waals surface area contributed by atoms with Crippen molar-refractivity contribution in [3.63, 3.8) is 0 Å². The summed E-state index contributed by atoms with van der Waals surface area (Å²) in [5, 5.41) is 0.188. The van der Waals surface area contributed by atoms with Crippen molar-refractivity contribution < 1.29 is 27.5 Å². The molecule has 0 aromatic heterocycles. The minimum absolute atomic E-state index is 0.0317. The summed E-state index contributed by atoms with van der Waals surface area (Å²) in [6, 6.07) is 3.68. The lowest BCUT2D eigenvalue weighted by Gasteiger charge is -2.20. The number of sulfonamides is 1. The quantitative estimate of drug-likeness (QED) is 0.783. The fraction of sp³-hybridized carbons (Fsp3) is 0.429. The van der Waals surface area contributed by atoms with Gasteiger partial charge in [0.05, 0.1) is 23.1 Å². The normalized spacial score (nSPS) is 22.1. The van der Waals surface area contributed by atoms with E-state index in [1.165, 1.54) is 29.6 Å². The number of ether oxygens (including phenoxy) is 2.